The van der Waals surface area contributed by atoms with Crippen molar-refractivity contribution in [3.63, 3.8) is 0 Å². The molecular formula is C25H23ClFN3O3S. The number of imide groups is 1. The van der Waals surface area contributed by atoms with E-state index in [1.807, 2.05) is 32.7 Å². The van der Waals surface area contributed by atoms with E-state index in [4.69, 9.17) is 11.6 Å². The Morgan fingerprint density at radius 1 is 1.21 bits per heavy atom. The molecule has 2 aliphatic heterocycles. The third kappa shape index (κ3) is 4.60. The molecule has 0 aromatic heterocycles. The Morgan fingerprint density at radius 2 is 1.88 bits per heavy atom. The van der Waals surface area contributed by atoms with Gasteiger partial charge >= 0.3 is 0 Å². The number of fused-ring (bicyclic) bond motifs is 1. The van der Waals surface area contributed by atoms with Crippen molar-refractivity contribution < 1.29 is 18.8 Å². The maximum Gasteiger partial charge on any atom is 0.294 e. The number of hydrogen-bond acceptors (Lipinski definition) is 5. The Morgan fingerprint density at radius 3 is 2.56 bits per heavy atom. The molecule has 2 aromatic rings. The highest BCUT2D eigenvalue weighted by molar-refractivity contribution is 8.18. The van der Waals surface area contributed by atoms with Crippen LogP contribution in [0.5, 0.6) is 0 Å². The van der Waals surface area contributed by atoms with Gasteiger partial charge in [0.2, 0.25) is 5.91 Å². The molecule has 0 bridgehead atoms. The number of halogens is 2. The minimum atomic E-state index is -0.635. The van der Waals surface area contributed by atoms with E-state index in [0.717, 1.165) is 21.7 Å². The molecule has 1 saturated heterocycles. The Bertz CT molecular complexity index is 1270. The zero-order valence-electron chi connectivity index (χ0n) is 19.1. The van der Waals surface area contributed by atoms with Crippen LogP contribution in [0.2, 0.25) is 5.02 Å². The molecule has 2 aliphatic rings. The minimum Gasteiger partial charge on any atom is -0.365 e. The molecule has 0 radical (unpaired) electrons. The number of benzene rings is 2. The molecular weight excluding hydrogens is 477 g/mol. The molecule has 0 atom stereocenters. The highest BCUT2D eigenvalue weighted by Gasteiger charge is 2.37. The van der Waals surface area contributed by atoms with Gasteiger partial charge in [-0.3, -0.25) is 19.3 Å². The molecule has 0 unspecified atom stereocenters. The fourth-order valence-electron chi connectivity index (χ4n) is 3.95. The number of hydrogen-bond donors (Lipinski definition) is 1. The van der Waals surface area contributed by atoms with E-state index < -0.39 is 29.4 Å². The summed E-state index contributed by atoms with van der Waals surface area (Å²) in [6, 6.07) is 9.59. The summed E-state index contributed by atoms with van der Waals surface area (Å²) in [5.74, 6) is -1.66. The van der Waals surface area contributed by atoms with Crippen LogP contribution >= 0.6 is 23.4 Å². The predicted molar refractivity (Wildman–Crippen MR) is 135 cm³/mol. The molecule has 9 heteroatoms. The van der Waals surface area contributed by atoms with E-state index in [0.29, 0.717) is 22.5 Å². The van der Waals surface area contributed by atoms with Crippen molar-refractivity contribution in [3.05, 3.63) is 69.3 Å². The standard InChI is InChI=1S/C25H23ClFN3O3S/c1-14-12-25(2,3)29(4)20-11-19(27)15(9-18(14)20)10-21-23(32)30(24(33)34-21)13-22(31)28-17-7-5-16(26)6-8-17/h5-12H,13H2,1-4H3,(H,28,31)/b21-10+. The Hall–Kier alpha value is -3.10. The van der Waals surface area contributed by atoms with Crippen molar-refractivity contribution in [2.75, 3.05) is 23.8 Å². The monoisotopic (exact) mass is 499 g/mol. The van der Waals surface area contributed by atoms with Gasteiger partial charge in [0.1, 0.15) is 12.4 Å². The van der Waals surface area contributed by atoms with Crippen molar-refractivity contribution in [2.24, 2.45) is 0 Å². The maximum atomic E-state index is 15.0. The van der Waals surface area contributed by atoms with Crippen LogP contribution in [0.4, 0.5) is 20.6 Å². The Balaban J connectivity index is 1.55. The average molecular weight is 500 g/mol. The van der Waals surface area contributed by atoms with Gasteiger partial charge in [-0.05, 0) is 80.6 Å². The summed E-state index contributed by atoms with van der Waals surface area (Å²) in [5.41, 5.74) is 3.04. The van der Waals surface area contributed by atoms with Gasteiger partial charge in [0.15, 0.2) is 0 Å². The molecule has 2 aromatic carbocycles. The summed E-state index contributed by atoms with van der Waals surface area (Å²) in [5, 5.41) is 2.55. The van der Waals surface area contributed by atoms with Crippen LogP contribution in [0, 0.1) is 5.82 Å². The summed E-state index contributed by atoms with van der Waals surface area (Å²) in [6.45, 7) is 5.61. The quantitative estimate of drug-likeness (QED) is 0.539. The van der Waals surface area contributed by atoms with Gasteiger partial charge < -0.3 is 10.2 Å². The van der Waals surface area contributed by atoms with Crippen molar-refractivity contribution in [2.45, 2.75) is 26.3 Å². The lowest BCUT2D eigenvalue weighted by Gasteiger charge is -2.40. The van der Waals surface area contributed by atoms with Gasteiger partial charge in [-0.2, -0.15) is 0 Å². The Kier molecular flexibility index (Phi) is 6.31. The second kappa shape index (κ2) is 8.92. The average Bonchev–Trinajstić information content (AvgIpc) is 3.02. The van der Waals surface area contributed by atoms with Crippen LogP contribution in [0.25, 0.3) is 11.6 Å². The largest absolute Gasteiger partial charge is 0.365 e. The molecule has 2 heterocycles. The molecule has 34 heavy (non-hydrogen) atoms. The molecule has 0 spiro atoms. The van der Waals surface area contributed by atoms with E-state index in [2.05, 4.69) is 11.4 Å². The first-order valence-electron chi connectivity index (χ1n) is 10.5. The molecule has 176 valence electrons. The summed E-state index contributed by atoms with van der Waals surface area (Å²) in [6.07, 6.45) is 3.47. The van der Waals surface area contributed by atoms with Crippen molar-refractivity contribution in [3.8, 4) is 0 Å². The molecule has 6 nitrogen and oxygen atoms in total. The Labute approximate surface area is 206 Å². The first kappa shape index (κ1) is 24.0. The number of amides is 3. The number of likely N-dealkylation sites (N-methyl/N-ethyl adjacent to an activating group) is 1. The maximum absolute atomic E-state index is 15.0. The summed E-state index contributed by atoms with van der Waals surface area (Å²) >= 11 is 6.52. The number of carbonyl (C=O) groups is 3. The third-order valence-corrected chi connectivity index (χ3v) is 7.08. The van der Waals surface area contributed by atoms with E-state index in [9.17, 15) is 14.4 Å². The summed E-state index contributed by atoms with van der Waals surface area (Å²) in [4.78, 5) is 40.5. The SMILES string of the molecule is CC1=CC(C)(C)N(C)c2cc(F)c(/C=C3/SC(=O)N(CC(=O)Nc4ccc(Cl)cc4)C3=O)cc21. The van der Waals surface area contributed by atoms with E-state index in [1.54, 1.807) is 30.3 Å². The normalized spacial score (nSPS) is 18.3. The fourth-order valence-corrected chi connectivity index (χ4v) is 4.91. The third-order valence-electron chi connectivity index (χ3n) is 5.93. The van der Waals surface area contributed by atoms with Gasteiger partial charge in [-0.25, -0.2) is 4.39 Å². The smallest absolute Gasteiger partial charge is 0.294 e. The molecule has 0 saturated carbocycles. The van der Waals surface area contributed by atoms with E-state index >= 15 is 4.39 Å². The van der Waals surface area contributed by atoms with E-state index in [1.165, 1.54) is 12.1 Å². The topological polar surface area (TPSA) is 69.7 Å². The lowest BCUT2D eigenvalue weighted by Crippen LogP contribution is -2.42. The van der Waals surface area contributed by atoms with Crippen LogP contribution in [0.15, 0.2) is 47.4 Å². The fraction of sp³-hybridized carbons (Fsp3) is 0.240. The van der Waals surface area contributed by atoms with Gasteiger partial charge in [0.25, 0.3) is 11.1 Å². The van der Waals surface area contributed by atoms with Crippen LogP contribution in [0.1, 0.15) is 31.9 Å². The second-order valence-corrected chi connectivity index (χ2v) is 10.2. The number of allylic oxidation sites excluding steroid dienone is 1. The first-order valence-corrected chi connectivity index (χ1v) is 11.7. The van der Waals surface area contributed by atoms with Gasteiger partial charge in [-0.1, -0.05) is 17.7 Å². The number of nitrogens with one attached hydrogen (secondary N) is 1. The lowest BCUT2D eigenvalue weighted by atomic mass is 9.88. The number of nitrogens with zero attached hydrogens (tertiary/aromatic N) is 2. The molecule has 4 rings (SSSR count). The van der Waals surface area contributed by atoms with Crippen molar-refractivity contribution in [1.82, 2.24) is 4.90 Å². The molecule has 3 amide bonds. The number of anilines is 2. The highest BCUT2D eigenvalue weighted by atomic mass is 35.5. The minimum absolute atomic E-state index is 0.0641. The summed E-state index contributed by atoms with van der Waals surface area (Å²) in [7, 11) is 1.90. The first-order chi connectivity index (χ1) is 16.0. The summed E-state index contributed by atoms with van der Waals surface area (Å²) < 4.78 is 15.0. The van der Waals surface area contributed by atoms with E-state index in [-0.39, 0.29) is 16.0 Å². The molecule has 0 aliphatic carbocycles. The predicted octanol–water partition coefficient (Wildman–Crippen LogP) is 5.79. The number of carbonyl (C=O) groups excluding carboxylic acids is 3. The zero-order valence-corrected chi connectivity index (χ0v) is 20.7. The number of rotatable bonds is 4. The van der Waals surface area contributed by atoms with Crippen molar-refractivity contribution >= 4 is 63.4 Å². The lowest BCUT2D eigenvalue weighted by molar-refractivity contribution is -0.127. The van der Waals surface area contributed by atoms with Gasteiger partial charge in [0, 0.05) is 34.6 Å². The number of thioether (sulfide) groups is 1. The van der Waals surface area contributed by atoms with Gasteiger partial charge in [-0.15, -0.1) is 0 Å². The van der Waals surface area contributed by atoms with Crippen LogP contribution in [0.3, 0.4) is 0 Å². The van der Waals surface area contributed by atoms with Crippen LogP contribution in [-0.4, -0.2) is 41.1 Å². The van der Waals surface area contributed by atoms with Crippen LogP contribution in [-0.2, 0) is 9.59 Å². The zero-order chi connectivity index (χ0) is 24.8. The van der Waals surface area contributed by atoms with Crippen molar-refractivity contribution in [1.29, 1.82) is 0 Å². The van der Waals surface area contributed by atoms with Gasteiger partial charge in [0.05, 0.1) is 10.4 Å². The van der Waals surface area contributed by atoms with Crippen LogP contribution < -0.4 is 10.2 Å². The highest BCUT2D eigenvalue weighted by Crippen LogP contribution is 2.40. The second-order valence-electron chi connectivity index (χ2n) is 8.75. The molecule has 1 fully saturated rings. The molecule has 1 N–H and O–H groups in total.